The number of hydrogen-bond donors (Lipinski definition) is 0. The molecule has 0 N–H and O–H groups in total. The molecule has 0 fully saturated rings. The summed E-state index contributed by atoms with van der Waals surface area (Å²) in [7, 11) is 0. The Morgan fingerprint density at radius 3 is 1.67 bits per heavy atom. The zero-order valence-electron chi connectivity index (χ0n) is 14.8. The zero-order valence-corrected chi connectivity index (χ0v) is 17.7. The molecule has 0 aromatic carbocycles. The molecule has 0 unspecified atom stereocenters. The van der Waals surface area contributed by atoms with Crippen LogP contribution in [0.25, 0.3) is 0 Å². The molecule has 0 aliphatic carbocycles. The van der Waals surface area contributed by atoms with Crippen LogP contribution in [0.4, 0.5) is 0 Å². The average Bonchev–Trinajstić information content (AvgIpc) is 2.48. The molecule has 0 saturated carbocycles. The number of hydrogen-bond acceptors (Lipinski definition) is 2. The fraction of sp³-hybridized carbons (Fsp3) is 0.833. The van der Waals surface area contributed by atoms with Crippen molar-refractivity contribution in [2.75, 3.05) is 0 Å². The van der Waals surface area contributed by atoms with E-state index in [9.17, 15) is 4.79 Å². The zero-order chi connectivity index (χ0) is 16.1. The first-order chi connectivity index (χ1) is 10.0. The summed E-state index contributed by atoms with van der Waals surface area (Å²) in [5, 5.41) is 0. The van der Waals surface area contributed by atoms with E-state index in [1.54, 1.807) is 0 Å². The third kappa shape index (κ3) is 9.59. The summed E-state index contributed by atoms with van der Waals surface area (Å²) in [4.78, 5) is 12.3. The molecule has 0 amide bonds. The van der Waals surface area contributed by atoms with E-state index in [0.717, 1.165) is 12.0 Å². The van der Waals surface area contributed by atoms with E-state index in [1.807, 2.05) is 0 Å². The van der Waals surface area contributed by atoms with Crippen LogP contribution >= 0.6 is 0 Å². The Bertz CT molecular complexity index is 278. The van der Waals surface area contributed by atoms with Gasteiger partial charge in [0.1, 0.15) is 0 Å². The normalized spacial score (nSPS) is 11.4. The molecule has 0 aliphatic heterocycles. The van der Waals surface area contributed by atoms with Crippen LogP contribution in [-0.2, 0) is 7.87 Å². The van der Waals surface area contributed by atoms with E-state index in [0.29, 0.717) is 6.42 Å². The second kappa shape index (κ2) is 12.5. The van der Waals surface area contributed by atoms with Crippen molar-refractivity contribution in [2.24, 2.45) is 0 Å². The minimum atomic E-state index is -2.74. The molecule has 0 radical (unpaired) electrons. The molecule has 0 saturated heterocycles. The monoisotopic (exact) mass is 404 g/mol. The van der Waals surface area contributed by atoms with Gasteiger partial charge in [-0.1, -0.05) is 0 Å². The summed E-state index contributed by atoms with van der Waals surface area (Å²) in [6.45, 7) is 12.7. The van der Waals surface area contributed by atoms with Gasteiger partial charge in [0.15, 0.2) is 0 Å². The summed E-state index contributed by atoms with van der Waals surface area (Å²) in [5.74, 6) is 0.0148. The average molecular weight is 403 g/mol. The van der Waals surface area contributed by atoms with Crippen LogP contribution in [0.15, 0.2) is 12.2 Å². The first kappa shape index (κ1) is 21.0. The summed E-state index contributed by atoms with van der Waals surface area (Å²) < 4.78 is 9.88. The summed E-state index contributed by atoms with van der Waals surface area (Å²) in [5.41, 5.74) is 1.00. The number of rotatable bonds is 13. The molecule has 3 heteroatoms. The molecule has 0 heterocycles. The van der Waals surface area contributed by atoms with E-state index in [2.05, 4.69) is 34.3 Å². The van der Waals surface area contributed by atoms with Gasteiger partial charge in [0.25, 0.3) is 0 Å². The van der Waals surface area contributed by atoms with Gasteiger partial charge in [-0.3, -0.25) is 0 Å². The topological polar surface area (TPSA) is 26.3 Å². The summed E-state index contributed by atoms with van der Waals surface area (Å²) in [6.07, 6.45) is 8.60. The van der Waals surface area contributed by atoms with Crippen LogP contribution < -0.4 is 0 Å². The van der Waals surface area contributed by atoms with E-state index in [-0.39, 0.29) is 5.97 Å². The van der Waals surface area contributed by atoms with Crippen molar-refractivity contribution in [1.82, 2.24) is 0 Å². The first-order valence-corrected chi connectivity index (χ1v) is 16.1. The second-order valence-corrected chi connectivity index (χ2v) is 17.9. The molecule has 0 atom stereocenters. The summed E-state index contributed by atoms with van der Waals surface area (Å²) in [6, 6.07) is 0. The van der Waals surface area contributed by atoms with Crippen molar-refractivity contribution in [3.8, 4) is 0 Å². The molecule has 0 spiro atoms. The second-order valence-electron chi connectivity index (χ2n) is 6.25. The fourth-order valence-corrected chi connectivity index (χ4v) is 15.8. The SMILES string of the molecule is C=C(CC)CC(=O)[O][Sn]([CH2]CCC)([CH2]CCC)[CH2]CCC. The molecule has 0 bridgehead atoms. The Kier molecular flexibility index (Phi) is 12.5. The Labute approximate surface area is 137 Å². The van der Waals surface area contributed by atoms with Crippen molar-refractivity contribution in [3.63, 3.8) is 0 Å². The number of unbranched alkanes of at least 4 members (excludes halogenated alkanes) is 3. The molecule has 0 aromatic rings. The van der Waals surface area contributed by atoms with Gasteiger partial charge >= 0.3 is 137 Å². The van der Waals surface area contributed by atoms with Gasteiger partial charge in [0, 0.05) is 0 Å². The molecular formula is C18H36O2Sn. The Hall–Kier alpha value is 0.00870. The molecule has 2 nitrogen and oxygen atoms in total. The quantitative estimate of drug-likeness (QED) is 0.269. The van der Waals surface area contributed by atoms with Crippen molar-refractivity contribution >= 4 is 24.8 Å². The van der Waals surface area contributed by atoms with E-state index < -0.39 is 18.8 Å². The predicted molar refractivity (Wildman–Crippen MR) is 95.0 cm³/mol. The van der Waals surface area contributed by atoms with Crippen molar-refractivity contribution in [1.29, 1.82) is 0 Å². The van der Waals surface area contributed by atoms with E-state index in [1.165, 1.54) is 51.8 Å². The Morgan fingerprint density at radius 2 is 1.33 bits per heavy atom. The van der Waals surface area contributed by atoms with Crippen LogP contribution in [-0.4, -0.2) is 24.8 Å². The Morgan fingerprint density at radius 1 is 0.905 bits per heavy atom. The Balaban J connectivity index is 4.84. The predicted octanol–water partition coefficient (Wildman–Crippen LogP) is 6.23. The van der Waals surface area contributed by atoms with Crippen molar-refractivity contribution in [3.05, 3.63) is 12.2 Å². The van der Waals surface area contributed by atoms with Crippen LogP contribution in [0.3, 0.4) is 0 Å². The molecule has 124 valence electrons. The molecule has 0 aromatic heterocycles. The van der Waals surface area contributed by atoms with Gasteiger partial charge in [0.05, 0.1) is 0 Å². The van der Waals surface area contributed by atoms with Gasteiger partial charge in [-0.2, -0.15) is 0 Å². The van der Waals surface area contributed by atoms with Gasteiger partial charge in [0.2, 0.25) is 0 Å². The van der Waals surface area contributed by atoms with Gasteiger partial charge in [-0.15, -0.1) is 0 Å². The van der Waals surface area contributed by atoms with Gasteiger partial charge in [-0.05, 0) is 0 Å². The van der Waals surface area contributed by atoms with E-state index >= 15 is 0 Å². The van der Waals surface area contributed by atoms with Crippen LogP contribution in [0.5, 0.6) is 0 Å². The maximum absolute atomic E-state index is 12.3. The van der Waals surface area contributed by atoms with E-state index in [4.69, 9.17) is 3.07 Å². The molecular weight excluding hydrogens is 367 g/mol. The minimum absolute atomic E-state index is 0.0148. The summed E-state index contributed by atoms with van der Waals surface area (Å²) >= 11 is -2.74. The van der Waals surface area contributed by atoms with Crippen molar-refractivity contribution < 1.29 is 7.87 Å². The third-order valence-electron chi connectivity index (χ3n) is 4.18. The van der Waals surface area contributed by atoms with Crippen LogP contribution in [0, 0.1) is 0 Å². The van der Waals surface area contributed by atoms with Gasteiger partial charge in [-0.25, -0.2) is 0 Å². The molecule has 21 heavy (non-hydrogen) atoms. The van der Waals surface area contributed by atoms with Crippen LogP contribution in [0.1, 0.15) is 79.1 Å². The molecule has 0 rings (SSSR count). The number of carbonyl (C=O) groups excluding carboxylic acids is 1. The van der Waals surface area contributed by atoms with Crippen molar-refractivity contribution in [2.45, 2.75) is 92.4 Å². The first-order valence-electron chi connectivity index (χ1n) is 8.92. The van der Waals surface area contributed by atoms with Gasteiger partial charge < -0.3 is 0 Å². The standard InChI is InChI=1S/C6H10O2.3C4H9.Sn/c1-3-5(2)4-6(7)8;3*1-3-4-2;/h2-4H2,1H3,(H,7,8);3*1,3-4H2,2H3;/q;;;;+1/p-1. The maximum atomic E-state index is 12.3. The molecule has 0 aliphatic rings. The number of carbonyl (C=O) groups is 1. The van der Waals surface area contributed by atoms with Crippen LogP contribution in [0.2, 0.25) is 13.3 Å². The third-order valence-corrected chi connectivity index (χ3v) is 16.9. The fourth-order valence-electron chi connectivity index (χ4n) is 2.63.